The van der Waals surface area contributed by atoms with E-state index in [0.29, 0.717) is 23.5 Å². The lowest BCUT2D eigenvalue weighted by Gasteiger charge is -2.09. The average Bonchev–Trinajstić information content (AvgIpc) is 2.49. The van der Waals surface area contributed by atoms with Crippen LogP contribution in [0, 0.1) is 6.92 Å². The van der Waals surface area contributed by atoms with Crippen LogP contribution in [0.1, 0.15) is 29.3 Å². The highest BCUT2D eigenvalue weighted by molar-refractivity contribution is 5.93. The Kier molecular flexibility index (Phi) is 4.82. The first-order chi connectivity index (χ1) is 10.1. The van der Waals surface area contributed by atoms with E-state index in [9.17, 15) is 9.90 Å². The maximum absolute atomic E-state index is 12.1. The summed E-state index contributed by atoms with van der Waals surface area (Å²) in [5, 5.41) is 9.61. The molecule has 0 saturated carbocycles. The zero-order valence-electron chi connectivity index (χ0n) is 12.1. The number of phenolic OH excluding ortho intramolecular Hbond substituents is 1. The molecule has 2 rings (SSSR count). The molecule has 0 radical (unpaired) electrons. The molecule has 0 unspecified atom stereocenters. The van der Waals surface area contributed by atoms with E-state index >= 15 is 0 Å². The van der Waals surface area contributed by atoms with Gasteiger partial charge in [-0.05, 0) is 49.7 Å². The highest BCUT2D eigenvalue weighted by Crippen LogP contribution is 2.23. The van der Waals surface area contributed by atoms with E-state index in [0.717, 1.165) is 12.2 Å². The number of hydrogen-bond donors (Lipinski definition) is 1. The molecule has 21 heavy (non-hydrogen) atoms. The molecule has 0 saturated heterocycles. The van der Waals surface area contributed by atoms with Crippen LogP contribution in [0.15, 0.2) is 42.5 Å². The van der Waals surface area contributed by atoms with Crippen LogP contribution in [0.2, 0.25) is 0 Å². The van der Waals surface area contributed by atoms with Crippen LogP contribution in [0.25, 0.3) is 0 Å². The fourth-order valence-electron chi connectivity index (χ4n) is 1.83. The molecular weight excluding hydrogens is 268 g/mol. The Morgan fingerprint density at radius 3 is 2.43 bits per heavy atom. The summed E-state index contributed by atoms with van der Waals surface area (Å²) >= 11 is 0. The standard InChI is InChI=1S/C17H18O4/c1-3-11-20-13-7-9-14(10-8-13)21-17(19)15-5-4-6-16(18)12(15)2/h4-10,18H,3,11H2,1-2H3. The third-order valence-corrected chi connectivity index (χ3v) is 3.03. The van der Waals surface area contributed by atoms with E-state index < -0.39 is 5.97 Å². The SMILES string of the molecule is CCCOc1ccc(OC(=O)c2cccc(O)c2C)cc1. The third-order valence-electron chi connectivity index (χ3n) is 3.03. The zero-order chi connectivity index (χ0) is 15.2. The molecule has 1 N–H and O–H groups in total. The van der Waals surface area contributed by atoms with Crippen LogP contribution in [-0.4, -0.2) is 17.7 Å². The molecule has 4 nitrogen and oxygen atoms in total. The number of aromatic hydroxyl groups is 1. The first kappa shape index (κ1) is 14.9. The molecular formula is C17H18O4. The van der Waals surface area contributed by atoms with E-state index in [-0.39, 0.29) is 5.75 Å². The fourth-order valence-corrected chi connectivity index (χ4v) is 1.83. The van der Waals surface area contributed by atoms with Crippen molar-refractivity contribution in [1.82, 2.24) is 0 Å². The molecule has 0 aliphatic carbocycles. The summed E-state index contributed by atoms with van der Waals surface area (Å²) in [6.07, 6.45) is 0.938. The monoisotopic (exact) mass is 286 g/mol. The topological polar surface area (TPSA) is 55.8 Å². The maximum Gasteiger partial charge on any atom is 0.343 e. The molecule has 0 amide bonds. The quantitative estimate of drug-likeness (QED) is 0.672. The van der Waals surface area contributed by atoms with Crippen molar-refractivity contribution in [1.29, 1.82) is 0 Å². The van der Waals surface area contributed by atoms with Gasteiger partial charge < -0.3 is 14.6 Å². The van der Waals surface area contributed by atoms with Crippen LogP contribution in [0.5, 0.6) is 17.2 Å². The van der Waals surface area contributed by atoms with Gasteiger partial charge >= 0.3 is 5.97 Å². The first-order valence-electron chi connectivity index (χ1n) is 6.85. The van der Waals surface area contributed by atoms with Crippen molar-refractivity contribution in [3.8, 4) is 17.2 Å². The summed E-state index contributed by atoms with van der Waals surface area (Å²) in [5.41, 5.74) is 0.853. The number of benzene rings is 2. The van der Waals surface area contributed by atoms with Crippen LogP contribution in [-0.2, 0) is 0 Å². The van der Waals surface area contributed by atoms with Gasteiger partial charge in [-0.2, -0.15) is 0 Å². The van der Waals surface area contributed by atoms with Crippen molar-refractivity contribution in [2.75, 3.05) is 6.61 Å². The molecule has 0 aromatic heterocycles. The van der Waals surface area contributed by atoms with Crippen molar-refractivity contribution < 1.29 is 19.4 Å². The van der Waals surface area contributed by atoms with E-state index in [1.165, 1.54) is 6.07 Å². The smallest absolute Gasteiger partial charge is 0.343 e. The molecule has 2 aromatic carbocycles. The molecule has 0 aliphatic heterocycles. The van der Waals surface area contributed by atoms with Gasteiger partial charge in [-0.25, -0.2) is 4.79 Å². The Hall–Kier alpha value is -2.49. The molecule has 0 aliphatic rings. The number of esters is 1. The summed E-state index contributed by atoms with van der Waals surface area (Å²) in [7, 11) is 0. The molecule has 4 heteroatoms. The lowest BCUT2D eigenvalue weighted by Crippen LogP contribution is -2.10. The lowest BCUT2D eigenvalue weighted by atomic mass is 10.1. The van der Waals surface area contributed by atoms with Gasteiger partial charge in [0.15, 0.2) is 0 Å². The number of rotatable bonds is 5. The number of carbonyl (C=O) groups excluding carboxylic acids is 1. The van der Waals surface area contributed by atoms with E-state index in [4.69, 9.17) is 9.47 Å². The summed E-state index contributed by atoms with van der Waals surface area (Å²) in [6, 6.07) is 11.6. The Bertz CT molecular complexity index is 617. The molecule has 2 aromatic rings. The van der Waals surface area contributed by atoms with Crippen molar-refractivity contribution in [3.63, 3.8) is 0 Å². The second-order valence-electron chi connectivity index (χ2n) is 4.66. The lowest BCUT2D eigenvalue weighted by molar-refractivity contribution is 0.0733. The minimum atomic E-state index is -0.495. The molecule has 0 atom stereocenters. The minimum absolute atomic E-state index is 0.0766. The predicted molar refractivity (Wildman–Crippen MR) is 80.0 cm³/mol. The van der Waals surface area contributed by atoms with E-state index in [1.54, 1.807) is 43.3 Å². The average molecular weight is 286 g/mol. The molecule has 0 fully saturated rings. The van der Waals surface area contributed by atoms with Crippen LogP contribution in [0.4, 0.5) is 0 Å². The second kappa shape index (κ2) is 6.79. The predicted octanol–water partition coefficient (Wildman–Crippen LogP) is 3.71. The Labute approximate surface area is 123 Å². The number of hydrogen-bond acceptors (Lipinski definition) is 4. The Balaban J connectivity index is 2.07. The number of ether oxygens (including phenoxy) is 2. The maximum atomic E-state index is 12.1. The highest BCUT2D eigenvalue weighted by atomic mass is 16.5. The van der Waals surface area contributed by atoms with Crippen molar-refractivity contribution >= 4 is 5.97 Å². The van der Waals surface area contributed by atoms with Gasteiger partial charge in [0.05, 0.1) is 12.2 Å². The van der Waals surface area contributed by atoms with Gasteiger partial charge in [-0.1, -0.05) is 13.0 Å². The summed E-state index contributed by atoms with van der Waals surface area (Å²) in [5.74, 6) is 0.759. The van der Waals surface area contributed by atoms with Crippen molar-refractivity contribution in [3.05, 3.63) is 53.6 Å². The Morgan fingerprint density at radius 2 is 1.76 bits per heavy atom. The highest BCUT2D eigenvalue weighted by Gasteiger charge is 2.13. The van der Waals surface area contributed by atoms with Crippen LogP contribution >= 0.6 is 0 Å². The van der Waals surface area contributed by atoms with Crippen molar-refractivity contribution in [2.24, 2.45) is 0 Å². The van der Waals surface area contributed by atoms with Gasteiger partial charge in [-0.15, -0.1) is 0 Å². The number of phenols is 1. The normalized spacial score (nSPS) is 10.2. The Morgan fingerprint density at radius 1 is 1.10 bits per heavy atom. The van der Waals surface area contributed by atoms with Gasteiger partial charge in [0.1, 0.15) is 17.2 Å². The molecule has 0 heterocycles. The first-order valence-corrected chi connectivity index (χ1v) is 6.85. The largest absolute Gasteiger partial charge is 0.508 e. The van der Waals surface area contributed by atoms with E-state index in [1.807, 2.05) is 6.92 Å². The third kappa shape index (κ3) is 3.75. The summed E-state index contributed by atoms with van der Waals surface area (Å²) in [4.78, 5) is 12.1. The fraction of sp³-hybridized carbons (Fsp3) is 0.235. The van der Waals surface area contributed by atoms with Gasteiger partial charge in [0.25, 0.3) is 0 Å². The molecule has 110 valence electrons. The minimum Gasteiger partial charge on any atom is -0.508 e. The van der Waals surface area contributed by atoms with Gasteiger partial charge in [-0.3, -0.25) is 0 Å². The van der Waals surface area contributed by atoms with Crippen LogP contribution < -0.4 is 9.47 Å². The zero-order valence-corrected chi connectivity index (χ0v) is 12.1. The summed E-state index contributed by atoms with van der Waals surface area (Å²) in [6.45, 7) is 4.36. The number of carbonyl (C=O) groups is 1. The van der Waals surface area contributed by atoms with E-state index in [2.05, 4.69) is 0 Å². The van der Waals surface area contributed by atoms with Gasteiger partial charge in [0, 0.05) is 5.56 Å². The van der Waals surface area contributed by atoms with Crippen molar-refractivity contribution in [2.45, 2.75) is 20.3 Å². The molecule has 0 spiro atoms. The van der Waals surface area contributed by atoms with Crippen LogP contribution in [0.3, 0.4) is 0 Å². The second-order valence-corrected chi connectivity index (χ2v) is 4.66. The van der Waals surface area contributed by atoms with Gasteiger partial charge in [0.2, 0.25) is 0 Å². The summed E-state index contributed by atoms with van der Waals surface area (Å²) < 4.78 is 10.8. The molecule has 0 bridgehead atoms.